The first-order valence-corrected chi connectivity index (χ1v) is 8.38. The number of anilines is 1. The Morgan fingerprint density at radius 1 is 1.40 bits per heavy atom. The molecule has 8 heteroatoms. The fraction of sp³-hybridized carbons (Fsp3) is 0.235. The van der Waals surface area contributed by atoms with E-state index in [1.165, 1.54) is 23.0 Å². The van der Waals surface area contributed by atoms with Crippen LogP contribution in [0, 0.1) is 12.7 Å². The smallest absolute Gasteiger partial charge is 0.266 e. The summed E-state index contributed by atoms with van der Waals surface area (Å²) in [5, 5.41) is 2.94. The van der Waals surface area contributed by atoms with Crippen LogP contribution in [-0.4, -0.2) is 29.2 Å². The lowest BCUT2D eigenvalue weighted by Crippen LogP contribution is -2.22. The van der Waals surface area contributed by atoms with E-state index in [1.807, 2.05) is 0 Å². The van der Waals surface area contributed by atoms with Crippen LogP contribution in [0.3, 0.4) is 0 Å². The fourth-order valence-corrected chi connectivity index (χ4v) is 3.50. The van der Waals surface area contributed by atoms with Crippen LogP contribution in [0.15, 0.2) is 35.4 Å². The van der Waals surface area contributed by atoms with Gasteiger partial charge in [-0.2, -0.15) is 0 Å². The second-order valence-electron chi connectivity index (χ2n) is 5.41. The Bertz CT molecular complexity index is 996. The highest BCUT2D eigenvalue weighted by Crippen LogP contribution is 2.28. The zero-order chi connectivity index (χ0) is 18.0. The predicted octanol–water partition coefficient (Wildman–Crippen LogP) is 2.80. The van der Waals surface area contributed by atoms with Gasteiger partial charge in [0, 0.05) is 7.11 Å². The maximum Gasteiger partial charge on any atom is 0.266 e. The summed E-state index contributed by atoms with van der Waals surface area (Å²) in [7, 11) is 1.55. The molecule has 0 atom stereocenters. The Morgan fingerprint density at radius 2 is 2.16 bits per heavy atom. The van der Waals surface area contributed by atoms with E-state index in [0.29, 0.717) is 33.8 Å². The maximum absolute atomic E-state index is 13.7. The van der Waals surface area contributed by atoms with Gasteiger partial charge in [0.2, 0.25) is 0 Å². The summed E-state index contributed by atoms with van der Waals surface area (Å²) < 4.78 is 20.1. The standard InChI is InChI=1S/C17H16FN3O3S/c1-10-13-16(19-9-21(17(13)23)7-8-24-2)25-14(10)15(22)20-12-6-4-3-5-11(12)18/h3-6,9H,7-8H2,1-2H3,(H,20,22). The number of aryl methyl sites for hydroxylation is 1. The van der Waals surface area contributed by atoms with Gasteiger partial charge < -0.3 is 10.1 Å². The third-order valence-corrected chi connectivity index (χ3v) is 4.98. The number of fused-ring (bicyclic) bond motifs is 1. The number of thiophene rings is 1. The van der Waals surface area contributed by atoms with Gasteiger partial charge in [-0.05, 0) is 24.6 Å². The topological polar surface area (TPSA) is 73.2 Å². The number of methoxy groups -OCH3 is 1. The molecule has 0 spiro atoms. The molecule has 0 radical (unpaired) electrons. The maximum atomic E-state index is 13.7. The molecule has 0 bridgehead atoms. The van der Waals surface area contributed by atoms with Crippen LogP contribution in [0.4, 0.5) is 10.1 Å². The van der Waals surface area contributed by atoms with Crippen LogP contribution < -0.4 is 10.9 Å². The molecule has 3 rings (SSSR count). The third-order valence-electron chi connectivity index (χ3n) is 3.78. The van der Waals surface area contributed by atoms with Crippen molar-refractivity contribution in [1.29, 1.82) is 0 Å². The highest BCUT2D eigenvalue weighted by Gasteiger charge is 2.20. The average molecular weight is 361 g/mol. The normalized spacial score (nSPS) is 11.0. The van der Waals surface area contributed by atoms with Gasteiger partial charge in [0.25, 0.3) is 11.5 Å². The first-order valence-electron chi connectivity index (χ1n) is 7.56. The number of carbonyl (C=O) groups excluding carboxylic acids is 1. The number of carbonyl (C=O) groups is 1. The number of hydrogen-bond acceptors (Lipinski definition) is 5. The monoisotopic (exact) mass is 361 g/mol. The van der Waals surface area contributed by atoms with E-state index in [-0.39, 0.29) is 11.2 Å². The van der Waals surface area contributed by atoms with Crippen molar-refractivity contribution in [2.75, 3.05) is 19.0 Å². The molecular weight excluding hydrogens is 345 g/mol. The van der Waals surface area contributed by atoms with Crippen LogP contribution >= 0.6 is 11.3 Å². The Morgan fingerprint density at radius 3 is 2.88 bits per heavy atom. The van der Waals surface area contributed by atoms with Gasteiger partial charge in [0.05, 0.1) is 35.4 Å². The van der Waals surface area contributed by atoms with E-state index < -0.39 is 11.7 Å². The molecule has 0 aliphatic rings. The fourth-order valence-electron chi connectivity index (χ4n) is 2.47. The third kappa shape index (κ3) is 3.31. The minimum atomic E-state index is -0.519. The van der Waals surface area contributed by atoms with Crippen LogP contribution in [0.2, 0.25) is 0 Å². The zero-order valence-corrected chi connectivity index (χ0v) is 14.5. The molecule has 0 aliphatic heterocycles. The van der Waals surface area contributed by atoms with Crippen molar-refractivity contribution in [3.8, 4) is 0 Å². The predicted molar refractivity (Wildman–Crippen MR) is 94.8 cm³/mol. The lowest BCUT2D eigenvalue weighted by Gasteiger charge is -2.05. The van der Waals surface area contributed by atoms with Crippen molar-refractivity contribution < 1.29 is 13.9 Å². The summed E-state index contributed by atoms with van der Waals surface area (Å²) in [6.45, 7) is 2.46. The number of benzene rings is 1. The molecule has 2 heterocycles. The quantitative estimate of drug-likeness (QED) is 0.758. The molecule has 130 valence electrons. The lowest BCUT2D eigenvalue weighted by molar-refractivity contribution is 0.102. The van der Waals surface area contributed by atoms with Gasteiger partial charge in [-0.1, -0.05) is 12.1 Å². The minimum Gasteiger partial charge on any atom is -0.383 e. The van der Waals surface area contributed by atoms with E-state index in [2.05, 4.69) is 10.3 Å². The molecule has 0 saturated carbocycles. The van der Waals surface area contributed by atoms with E-state index >= 15 is 0 Å². The molecule has 1 N–H and O–H groups in total. The number of aromatic nitrogens is 2. The van der Waals surface area contributed by atoms with E-state index in [1.54, 1.807) is 26.2 Å². The Hall–Kier alpha value is -2.58. The van der Waals surface area contributed by atoms with Crippen molar-refractivity contribution in [3.05, 3.63) is 57.2 Å². The first kappa shape index (κ1) is 17.2. The molecule has 0 aliphatic carbocycles. The number of nitrogens with zero attached hydrogens (tertiary/aromatic N) is 2. The molecule has 0 unspecified atom stereocenters. The molecule has 1 aromatic carbocycles. The molecule has 2 aromatic heterocycles. The molecule has 3 aromatic rings. The second-order valence-corrected chi connectivity index (χ2v) is 6.41. The van der Waals surface area contributed by atoms with Gasteiger partial charge in [0.1, 0.15) is 10.6 Å². The van der Waals surface area contributed by atoms with E-state index in [4.69, 9.17) is 4.74 Å². The van der Waals surface area contributed by atoms with Crippen LogP contribution in [0.25, 0.3) is 10.2 Å². The Labute approximate surface area is 146 Å². The lowest BCUT2D eigenvalue weighted by atomic mass is 10.2. The molecule has 25 heavy (non-hydrogen) atoms. The minimum absolute atomic E-state index is 0.0924. The second kappa shape index (κ2) is 7.12. The summed E-state index contributed by atoms with van der Waals surface area (Å²) in [5.74, 6) is -0.983. The number of para-hydroxylation sites is 1. The van der Waals surface area contributed by atoms with Gasteiger partial charge in [-0.15, -0.1) is 11.3 Å². The first-order chi connectivity index (χ1) is 12.0. The highest BCUT2D eigenvalue weighted by molar-refractivity contribution is 7.20. The van der Waals surface area contributed by atoms with Crippen molar-refractivity contribution >= 4 is 33.1 Å². The van der Waals surface area contributed by atoms with Crippen molar-refractivity contribution in [1.82, 2.24) is 9.55 Å². The number of amides is 1. The summed E-state index contributed by atoms with van der Waals surface area (Å²) in [4.78, 5) is 30.2. The molecule has 0 saturated heterocycles. The van der Waals surface area contributed by atoms with Gasteiger partial charge in [-0.25, -0.2) is 9.37 Å². The summed E-state index contributed by atoms with van der Waals surface area (Å²) >= 11 is 1.11. The van der Waals surface area contributed by atoms with Crippen LogP contribution in [-0.2, 0) is 11.3 Å². The largest absolute Gasteiger partial charge is 0.383 e. The molecule has 0 fully saturated rings. The summed E-state index contributed by atoms with van der Waals surface area (Å²) in [5.41, 5.74) is 0.411. The van der Waals surface area contributed by atoms with E-state index in [0.717, 1.165) is 11.3 Å². The summed E-state index contributed by atoms with van der Waals surface area (Å²) in [6.07, 6.45) is 1.44. The number of ether oxygens (including phenoxy) is 1. The van der Waals surface area contributed by atoms with Crippen molar-refractivity contribution in [3.63, 3.8) is 0 Å². The number of hydrogen-bond donors (Lipinski definition) is 1. The molecule has 1 amide bonds. The van der Waals surface area contributed by atoms with Gasteiger partial charge >= 0.3 is 0 Å². The Kier molecular flexibility index (Phi) is 4.91. The average Bonchev–Trinajstić information content (AvgIpc) is 2.94. The van der Waals surface area contributed by atoms with Gasteiger partial charge in [0.15, 0.2) is 0 Å². The van der Waals surface area contributed by atoms with Gasteiger partial charge in [-0.3, -0.25) is 14.2 Å². The summed E-state index contributed by atoms with van der Waals surface area (Å²) in [6, 6.07) is 5.92. The number of nitrogens with one attached hydrogen (secondary N) is 1. The number of halogens is 1. The molecule has 6 nitrogen and oxygen atoms in total. The number of rotatable bonds is 5. The highest BCUT2D eigenvalue weighted by atomic mass is 32.1. The molecular formula is C17H16FN3O3S. The Balaban J connectivity index is 1.99. The van der Waals surface area contributed by atoms with E-state index in [9.17, 15) is 14.0 Å². The zero-order valence-electron chi connectivity index (χ0n) is 13.7. The van der Waals surface area contributed by atoms with Crippen LogP contribution in [0.1, 0.15) is 15.2 Å². The van der Waals surface area contributed by atoms with Crippen molar-refractivity contribution in [2.24, 2.45) is 0 Å². The SMILES string of the molecule is COCCn1cnc2sc(C(=O)Nc3ccccc3F)c(C)c2c1=O. The van der Waals surface area contributed by atoms with Crippen LogP contribution in [0.5, 0.6) is 0 Å². The van der Waals surface area contributed by atoms with Crippen molar-refractivity contribution in [2.45, 2.75) is 13.5 Å².